The van der Waals surface area contributed by atoms with Gasteiger partial charge in [0.05, 0.1) is 5.69 Å². The monoisotopic (exact) mass is 246 g/mol. The molecule has 1 aromatic heterocycles. The Morgan fingerprint density at radius 1 is 1.22 bits per heavy atom. The Kier molecular flexibility index (Phi) is 2.59. The van der Waals surface area contributed by atoms with Crippen LogP contribution >= 0.6 is 0 Å². The Morgan fingerprint density at radius 3 is 2.56 bits per heavy atom. The summed E-state index contributed by atoms with van der Waals surface area (Å²) in [5.41, 5.74) is 1.53. The molecule has 4 heteroatoms. The summed E-state index contributed by atoms with van der Waals surface area (Å²) >= 11 is 0. The van der Waals surface area contributed by atoms with E-state index in [0.29, 0.717) is 5.54 Å². The van der Waals surface area contributed by atoms with E-state index in [0.717, 1.165) is 31.1 Å². The Bertz CT molecular complexity index is 428. The van der Waals surface area contributed by atoms with E-state index in [1.807, 2.05) is 0 Å². The maximum atomic E-state index is 4.41. The van der Waals surface area contributed by atoms with E-state index >= 15 is 0 Å². The second kappa shape index (κ2) is 3.92. The number of piperazine rings is 1. The van der Waals surface area contributed by atoms with Gasteiger partial charge >= 0.3 is 0 Å². The van der Waals surface area contributed by atoms with Crippen LogP contribution in [0.15, 0.2) is 12.1 Å². The normalized spacial score (nSPS) is 22.3. The van der Waals surface area contributed by atoms with Crippen molar-refractivity contribution in [1.82, 2.24) is 15.5 Å². The summed E-state index contributed by atoms with van der Waals surface area (Å²) in [6.07, 6.45) is 2.61. The van der Waals surface area contributed by atoms with Gasteiger partial charge in [-0.1, -0.05) is 20.8 Å². The van der Waals surface area contributed by atoms with Crippen LogP contribution in [0.3, 0.4) is 0 Å². The molecule has 3 rings (SSSR count). The SMILES string of the molecule is CC(C)(C)c1ccc(N2CCNC3(CC3)C2)nn1. The average molecular weight is 246 g/mol. The van der Waals surface area contributed by atoms with Gasteiger partial charge < -0.3 is 10.2 Å². The van der Waals surface area contributed by atoms with E-state index in [2.05, 4.69) is 53.3 Å². The fourth-order valence-electron chi connectivity index (χ4n) is 2.53. The molecule has 1 aromatic rings. The van der Waals surface area contributed by atoms with Crippen molar-refractivity contribution >= 4 is 5.82 Å². The predicted molar refractivity (Wildman–Crippen MR) is 72.9 cm³/mol. The third kappa shape index (κ3) is 2.21. The van der Waals surface area contributed by atoms with Crippen LogP contribution in [0.1, 0.15) is 39.3 Å². The van der Waals surface area contributed by atoms with Crippen molar-refractivity contribution in [2.45, 2.75) is 44.6 Å². The molecule has 2 aliphatic rings. The third-order valence-corrected chi connectivity index (χ3v) is 3.97. The van der Waals surface area contributed by atoms with Crippen LogP contribution in [-0.4, -0.2) is 35.4 Å². The minimum Gasteiger partial charge on any atom is -0.352 e. The van der Waals surface area contributed by atoms with Gasteiger partial charge in [0.15, 0.2) is 5.82 Å². The van der Waals surface area contributed by atoms with Gasteiger partial charge in [0.2, 0.25) is 0 Å². The number of aromatic nitrogens is 2. The fourth-order valence-corrected chi connectivity index (χ4v) is 2.53. The summed E-state index contributed by atoms with van der Waals surface area (Å²) in [7, 11) is 0. The van der Waals surface area contributed by atoms with Gasteiger partial charge in [0.25, 0.3) is 0 Å². The largest absolute Gasteiger partial charge is 0.352 e. The summed E-state index contributed by atoms with van der Waals surface area (Å²) in [6, 6.07) is 4.24. The summed E-state index contributed by atoms with van der Waals surface area (Å²) in [5.74, 6) is 1.02. The molecule has 0 radical (unpaired) electrons. The highest BCUT2D eigenvalue weighted by Gasteiger charge is 2.45. The van der Waals surface area contributed by atoms with Crippen molar-refractivity contribution in [1.29, 1.82) is 0 Å². The molecule has 4 nitrogen and oxygen atoms in total. The van der Waals surface area contributed by atoms with E-state index in [1.165, 1.54) is 12.8 Å². The van der Waals surface area contributed by atoms with Crippen LogP contribution in [0.2, 0.25) is 0 Å². The Balaban J connectivity index is 1.76. The lowest BCUT2D eigenvalue weighted by molar-refractivity contribution is 0.438. The zero-order chi connectivity index (χ0) is 12.8. The number of nitrogens with zero attached hydrogens (tertiary/aromatic N) is 3. The molecule has 1 aliphatic heterocycles. The first kappa shape index (κ1) is 11.9. The van der Waals surface area contributed by atoms with E-state index in [-0.39, 0.29) is 5.41 Å². The smallest absolute Gasteiger partial charge is 0.151 e. The van der Waals surface area contributed by atoms with Gasteiger partial charge in [-0.25, -0.2) is 0 Å². The Hall–Kier alpha value is -1.16. The number of nitrogens with one attached hydrogen (secondary N) is 1. The molecule has 0 unspecified atom stereocenters. The maximum absolute atomic E-state index is 4.41. The Labute approximate surface area is 109 Å². The van der Waals surface area contributed by atoms with Gasteiger partial charge in [0, 0.05) is 30.6 Å². The first-order chi connectivity index (χ1) is 8.49. The molecule has 0 aromatic carbocycles. The molecule has 1 aliphatic carbocycles. The van der Waals surface area contributed by atoms with Crippen molar-refractivity contribution in [3.63, 3.8) is 0 Å². The second-order valence-corrected chi connectivity index (χ2v) is 6.66. The molecule has 0 bridgehead atoms. The number of rotatable bonds is 1. The van der Waals surface area contributed by atoms with Crippen LogP contribution in [0, 0.1) is 0 Å². The highest BCUT2D eigenvalue weighted by atomic mass is 15.3. The minimum absolute atomic E-state index is 0.0761. The topological polar surface area (TPSA) is 41.0 Å². The lowest BCUT2D eigenvalue weighted by Gasteiger charge is -2.34. The van der Waals surface area contributed by atoms with E-state index in [1.54, 1.807) is 0 Å². The van der Waals surface area contributed by atoms with Crippen LogP contribution in [0.4, 0.5) is 5.82 Å². The lowest BCUT2D eigenvalue weighted by atomic mass is 9.92. The molecule has 98 valence electrons. The fraction of sp³-hybridized carbons (Fsp3) is 0.714. The molecule has 1 spiro atoms. The standard InChI is InChI=1S/C14H22N4/c1-13(2,3)11-4-5-12(17-16-11)18-9-8-15-14(10-18)6-7-14/h4-5,15H,6-10H2,1-3H3. The first-order valence-electron chi connectivity index (χ1n) is 6.83. The van der Waals surface area contributed by atoms with Gasteiger partial charge in [0.1, 0.15) is 0 Å². The maximum Gasteiger partial charge on any atom is 0.151 e. The average Bonchev–Trinajstić information content (AvgIpc) is 3.08. The van der Waals surface area contributed by atoms with Crippen molar-refractivity contribution in [2.75, 3.05) is 24.5 Å². The summed E-state index contributed by atoms with van der Waals surface area (Å²) < 4.78 is 0. The third-order valence-electron chi connectivity index (χ3n) is 3.97. The minimum atomic E-state index is 0.0761. The van der Waals surface area contributed by atoms with Crippen molar-refractivity contribution in [2.24, 2.45) is 0 Å². The van der Waals surface area contributed by atoms with Gasteiger partial charge in [-0.3, -0.25) is 0 Å². The van der Waals surface area contributed by atoms with Crippen LogP contribution in [0.25, 0.3) is 0 Å². The van der Waals surface area contributed by atoms with Crippen molar-refractivity contribution in [3.8, 4) is 0 Å². The van der Waals surface area contributed by atoms with Gasteiger partial charge in [-0.15, -0.1) is 5.10 Å². The molecular weight excluding hydrogens is 224 g/mol. The highest BCUT2D eigenvalue weighted by molar-refractivity contribution is 5.40. The highest BCUT2D eigenvalue weighted by Crippen LogP contribution is 2.38. The molecule has 1 saturated carbocycles. The zero-order valence-corrected chi connectivity index (χ0v) is 11.5. The van der Waals surface area contributed by atoms with Gasteiger partial charge in [-0.2, -0.15) is 5.10 Å². The molecule has 0 amide bonds. The van der Waals surface area contributed by atoms with Crippen LogP contribution < -0.4 is 10.2 Å². The van der Waals surface area contributed by atoms with Crippen molar-refractivity contribution in [3.05, 3.63) is 17.8 Å². The van der Waals surface area contributed by atoms with Gasteiger partial charge in [-0.05, 0) is 25.0 Å². The van der Waals surface area contributed by atoms with E-state index in [4.69, 9.17) is 0 Å². The van der Waals surface area contributed by atoms with E-state index in [9.17, 15) is 0 Å². The van der Waals surface area contributed by atoms with Crippen LogP contribution in [-0.2, 0) is 5.41 Å². The Morgan fingerprint density at radius 2 is 2.00 bits per heavy atom. The zero-order valence-electron chi connectivity index (χ0n) is 11.5. The summed E-state index contributed by atoms with van der Waals surface area (Å²) in [6.45, 7) is 9.67. The molecule has 1 saturated heterocycles. The quantitative estimate of drug-likeness (QED) is 0.819. The van der Waals surface area contributed by atoms with Crippen molar-refractivity contribution < 1.29 is 0 Å². The molecule has 2 fully saturated rings. The molecular formula is C14H22N4. The van der Waals surface area contributed by atoms with Crippen LogP contribution in [0.5, 0.6) is 0 Å². The number of anilines is 1. The molecule has 18 heavy (non-hydrogen) atoms. The first-order valence-corrected chi connectivity index (χ1v) is 6.83. The molecule has 0 atom stereocenters. The summed E-state index contributed by atoms with van der Waals surface area (Å²) in [5, 5.41) is 12.4. The molecule has 1 N–H and O–H groups in total. The van der Waals surface area contributed by atoms with E-state index < -0.39 is 0 Å². The summed E-state index contributed by atoms with van der Waals surface area (Å²) in [4.78, 5) is 2.36. The second-order valence-electron chi connectivity index (χ2n) is 6.66. The number of hydrogen-bond donors (Lipinski definition) is 1. The lowest BCUT2D eigenvalue weighted by Crippen LogP contribution is -2.52. The predicted octanol–water partition coefficient (Wildman–Crippen LogP) is 1.72. The number of hydrogen-bond acceptors (Lipinski definition) is 4. The molecule has 2 heterocycles.